The molecule has 1 heterocycles. The summed E-state index contributed by atoms with van der Waals surface area (Å²) in [6, 6.07) is 7.32. The highest BCUT2D eigenvalue weighted by Gasteiger charge is 2.01. The number of rotatable bonds is 3. The zero-order chi connectivity index (χ0) is 12.3. The highest BCUT2D eigenvalue weighted by molar-refractivity contribution is 6.30. The highest BCUT2D eigenvalue weighted by Crippen LogP contribution is 2.17. The molecule has 0 fully saturated rings. The minimum atomic E-state index is -0.527. The maximum absolute atomic E-state index is 12.9. The van der Waals surface area contributed by atoms with E-state index in [1.807, 2.05) is 0 Å². The fourth-order valence-electron chi connectivity index (χ4n) is 1.33. The molecular weight excluding hydrogens is 246 g/mol. The first-order valence-corrected chi connectivity index (χ1v) is 5.32. The lowest BCUT2D eigenvalue weighted by atomic mass is 10.2. The molecule has 17 heavy (non-hydrogen) atoms. The molecule has 0 atom stereocenters. The number of anilines is 1. The van der Waals surface area contributed by atoms with Crippen LogP contribution >= 0.6 is 11.6 Å². The average molecular weight is 255 g/mol. The second-order valence-electron chi connectivity index (χ2n) is 3.47. The maximum atomic E-state index is 12.9. The van der Waals surface area contributed by atoms with E-state index < -0.39 is 11.8 Å². The Hall–Kier alpha value is -1.68. The van der Waals surface area contributed by atoms with Crippen LogP contribution in [0.25, 0.3) is 0 Å². The van der Waals surface area contributed by atoms with Gasteiger partial charge in [-0.1, -0.05) is 17.7 Å². The molecule has 0 aliphatic rings. The van der Waals surface area contributed by atoms with E-state index >= 15 is 0 Å². The molecule has 2 nitrogen and oxygen atoms in total. The van der Waals surface area contributed by atoms with Gasteiger partial charge in [-0.15, -0.1) is 0 Å². The summed E-state index contributed by atoms with van der Waals surface area (Å²) in [7, 11) is 0. The molecule has 0 radical (unpaired) electrons. The van der Waals surface area contributed by atoms with Gasteiger partial charge in [-0.2, -0.15) is 4.39 Å². The number of hydrogen-bond donors (Lipinski definition) is 1. The van der Waals surface area contributed by atoms with E-state index in [-0.39, 0.29) is 5.02 Å². The Morgan fingerprint density at radius 3 is 2.65 bits per heavy atom. The molecule has 5 heteroatoms. The van der Waals surface area contributed by atoms with Crippen LogP contribution in [0.1, 0.15) is 5.56 Å². The fourth-order valence-corrected chi connectivity index (χ4v) is 1.54. The van der Waals surface area contributed by atoms with E-state index in [2.05, 4.69) is 10.3 Å². The molecule has 0 aliphatic carbocycles. The van der Waals surface area contributed by atoms with E-state index in [1.165, 1.54) is 18.3 Å². The number of nitrogens with zero attached hydrogens (tertiary/aromatic N) is 1. The quantitative estimate of drug-likeness (QED) is 0.846. The summed E-state index contributed by atoms with van der Waals surface area (Å²) in [6.07, 6.45) is 1.39. The first-order chi connectivity index (χ1) is 8.15. The van der Waals surface area contributed by atoms with Crippen molar-refractivity contribution in [1.82, 2.24) is 4.98 Å². The van der Waals surface area contributed by atoms with Gasteiger partial charge in [0.15, 0.2) is 0 Å². The average Bonchev–Trinajstić information content (AvgIpc) is 2.33. The summed E-state index contributed by atoms with van der Waals surface area (Å²) >= 11 is 5.65. The molecule has 2 rings (SSSR count). The van der Waals surface area contributed by atoms with Crippen LogP contribution in [0.4, 0.5) is 14.5 Å². The van der Waals surface area contributed by atoms with E-state index in [0.717, 1.165) is 5.56 Å². The molecule has 0 saturated carbocycles. The molecule has 1 aromatic heterocycles. The van der Waals surface area contributed by atoms with Gasteiger partial charge in [0.05, 0.1) is 16.9 Å². The van der Waals surface area contributed by atoms with Crippen molar-refractivity contribution in [1.29, 1.82) is 0 Å². The normalized spacial score (nSPS) is 10.3. The lowest BCUT2D eigenvalue weighted by Crippen LogP contribution is -2.00. The summed E-state index contributed by atoms with van der Waals surface area (Å²) in [5.41, 5.74) is 1.52. The van der Waals surface area contributed by atoms with Crippen LogP contribution in [0.2, 0.25) is 5.02 Å². The molecule has 1 aromatic carbocycles. The predicted molar refractivity (Wildman–Crippen MR) is 62.9 cm³/mol. The highest BCUT2D eigenvalue weighted by atomic mass is 35.5. The summed E-state index contributed by atoms with van der Waals surface area (Å²) < 4.78 is 25.5. The summed E-state index contributed by atoms with van der Waals surface area (Å²) in [5.74, 6) is -0.973. The van der Waals surface area contributed by atoms with Crippen LogP contribution in [0.5, 0.6) is 0 Å². The number of pyridine rings is 1. The number of benzene rings is 1. The Balaban J connectivity index is 2.02. The van der Waals surface area contributed by atoms with Gasteiger partial charge < -0.3 is 5.32 Å². The largest absolute Gasteiger partial charge is 0.380 e. The Kier molecular flexibility index (Phi) is 3.54. The first-order valence-electron chi connectivity index (χ1n) is 4.94. The Morgan fingerprint density at radius 2 is 2.00 bits per heavy atom. The lowest BCUT2D eigenvalue weighted by Gasteiger charge is -2.06. The molecule has 0 saturated heterocycles. The van der Waals surface area contributed by atoms with Crippen molar-refractivity contribution in [2.45, 2.75) is 6.54 Å². The number of halogens is 3. The second-order valence-corrected chi connectivity index (χ2v) is 3.88. The Morgan fingerprint density at radius 1 is 1.18 bits per heavy atom. The third-order valence-corrected chi connectivity index (χ3v) is 2.50. The van der Waals surface area contributed by atoms with Crippen molar-refractivity contribution < 1.29 is 8.78 Å². The van der Waals surface area contributed by atoms with Gasteiger partial charge in [0, 0.05) is 6.54 Å². The number of aromatic nitrogens is 1. The van der Waals surface area contributed by atoms with E-state index in [0.29, 0.717) is 12.2 Å². The van der Waals surface area contributed by atoms with Gasteiger partial charge in [-0.25, -0.2) is 9.37 Å². The predicted octanol–water partition coefficient (Wildman–Crippen LogP) is 3.63. The Labute approximate surface area is 102 Å². The molecule has 88 valence electrons. The van der Waals surface area contributed by atoms with E-state index in [9.17, 15) is 8.78 Å². The van der Waals surface area contributed by atoms with Crippen LogP contribution in [-0.2, 0) is 6.54 Å². The van der Waals surface area contributed by atoms with E-state index in [4.69, 9.17) is 11.6 Å². The van der Waals surface area contributed by atoms with Crippen LogP contribution in [-0.4, -0.2) is 4.98 Å². The van der Waals surface area contributed by atoms with Crippen molar-refractivity contribution in [3.63, 3.8) is 0 Å². The molecule has 2 aromatic rings. The Bertz CT molecular complexity index is 514. The SMILES string of the molecule is Fc1ccc(NCc2ccc(F)c(Cl)c2)cn1. The molecule has 0 bridgehead atoms. The zero-order valence-corrected chi connectivity index (χ0v) is 9.51. The topological polar surface area (TPSA) is 24.9 Å². The monoisotopic (exact) mass is 254 g/mol. The van der Waals surface area contributed by atoms with Crippen LogP contribution in [0.3, 0.4) is 0 Å². The standard InChI is InChI=1S/C12H9ClF2N2/c13-10-5-8(1-3-11(10)14)6-16-9-2-4-12(15)17-7-9/h1-5,7,16H,6H2. The van der Waals surface area contributed by atoms with Gasteiger partial charge in [-0.3, -0.25) is 0 Å². The van der Waals surface area contributed by atoms with Gasteiger partial charge in [0.2, 0.25) is 5.95 Å². The molecule has 1 N–H and O–H groups in total. The van der Waals surface area contributed by atoms with Crippen LogP contribution in [0.15, 0.2) is 36.5 Å². The van der Waals surface area contributed by atoms with Gasteiger partial charge in [0.25, 0.3) is 0 Å². The molecule has 0 amide bonds. The molecule has 0 aliphatic heterocycles. The minimum Gasteiger partial charge on any atom is -0.380 e. The van der Waals surface area contributed by atoms with Gasteiger partial charge in [-0.05, 0) is 29.8 Å². The lowest BCUT2D eigenvalue weighted by molar-refractivity contribution is 0.584. The fraction of sp³-hybridized carbons (Fsp3) is 0.0833. The van der Waals surface area contributed by atoms with Crippen molar-refractivity contribution in [3.8, 4) is 0 Å². The third-order valence-electron chi connectivity index (χ3n) is 2.21. The van der Waals surface area contributed by atoms with Crippen molar-refractivity contribution >= 4 is 17.3 Å². The summed E-state index contributed by atoms with van der Waals surface area (Å²) in [6.45, 7) is 0.466. The van der Waals surface area contributed by atoms with E-state index in [1.54, 1.807) is 18.2 Å². The van der Waals surface area contributed by atoms with Crippen molar-refractivity contribution in [3.05, 3.63) is 58.9 Å². The second kappa shape index (κ2) is 5.10. The number of nitrogens with one attached hydrogen (secondary N) is 1. The summed E-state index contributed by atoms with van der Waals surface area (Å²) in [5, 5.41) is 3.11. The van der Waals surface area contributed by atoms with Crippen molar-refractivity contribution in [2.24, 2.45) is 0 Å². The molecule has 0 spiro atoms. The third kappa shape index (κ3) is 3.14. The molecule has 0 unspecified atom stereocenters. The number of hydrogen-bond acceptors (Lipinski definition) is 2. The van der Waals surface area contributed by atoms with Gasteiger partial charge in [0.1, 0.15) is 5.82 Å². The first kappa shape index (κ1) is 11.8. The van der Waals surface area contributed by atoms with Gasteiger partial charge >= 0.3 is 0 Å². The summed E-state index contributed by atoms with van der Waals surface area (Å²) in [4.78, 5) is 3.51. The van der Waals surface area contributed by atoms with Crippen LogP contribution < -0.4 is 5.32 Å². The van der Waals surface area contributed by atoms with Crippen LogP contribution in [0, 0.1) is 11.8 Å². The minimum absolute atomic E-state index is 0.0848. The zero-order valence-electron chi connectivity index (χ0n) is 8.75. The molecular formula is C12H9ClF2N2. The smallest absolute Gasteiger partial charge is 0.212 e. The maximum Gasteiger partial charge on any atom is 0.212 e. The van der Waals surface area contributed by atoms with Crippen molar-refractivity contribution in [2.75, 3.05) is 5.32 Å².